The second-order valence-electron chi connectivity index (χ2n) is 6.46. The molecule has 0 bridgehead atoms. The Hall–Kier alpha value is -3.60. The van der Waals surface area contributed by atoms with Gasteiger partial charge in [0.2, 0.25) is 5.96 Å². The molecule has 0 radical (unpaired) electrons. The van der Waals surface area contributed by atoms with Gasteiger partial charge in [0.15, 0.2) is 0 Å². The van der Waals surface area contributed by atoms with Crippen LogP contribution in [-0.2, 0) is 10.0 Å². The highest BCUT2D eigenvalue weighted by Crippen LogP contribution is 2.27. The lowest BCUT2D eigenvalue weighted by Gasteiger charge is -2.12. The molecule has 30 heavy (non-hydrogen) atoms. The van der Waals surface area contributed by atoms with Crippen LogP contribution in [0.4, 0.5) is 14.5 Å². The van der Waals surface area contributed by atoms with Crippen molar-refractivity contribution in [2.24, 2.45) is 15.7 Å². The highest BCUT2D eigenvalue weighted by atomic mass is 32.2. The van der Waals surface area contributed by atoms with Crippen molar-refractivity contribution >= 4 is 27.4 Å². The molecule has 4 N–H and O–H groups in total. The number of nitrogens with two attached hydrogens (primary N) is 1. The summed E-state index contributed by atoms with van der Waals surface area (Å²) in [6.45, 7) is 0.508. The van der Waals surface area contributed by atoms with E-state index in [1.54, 1.807) is 18.3 Å². The van der Waals surface area contributed by atoms with Gasteiger partial charge in [-0.1, -0.05) is 12.1 Å². The summed E-state index contributed by atoms with van der Waals surface area (Å²) in [5.41, 5.74) is 8.41. The highest BCUT2D eigenvalue weighted by Gasteiger charge is 2.21. The van der Waals surface area contributed by atoms with Crippen LogP contribution < -0.4 is 10.5 Å². The van der Waals surface area contributed by atoms with E-state index in [4.69, 9.17) is 5.73 Å². The van der Waals surface area contributed by atoms with Crippen LogP contribution in [0.25, 0.3) is 11.3 Å². The Balaban J connectivity index is 1.67. The number of anilines is 1. The van der Waals surface area contributed by atoms with E-state index in [-0.39, 0.29) is 11.6 Å². The maximum Gasteiger partial charge on any atom is 0.264 e. The Morgan fingerprint density at radius 1 is 1.13 bits per heavy atom. The predicted molar refractivity (Wildman–Crippen MR) is 109 cm³/mol. The molecule has 0 fully saturated rings. The first kappa shape index (κ1) is 19.7. The molecule has 4 rings (SSSR count). The number of halogens is 2. The summed E-state index contributed by atoms with van der Waals surface area (Å²) in [7, 11) is -4.34. The summed E-state index contributed by atoms with van der Waals surface area (Å²) in [5, 5.41) is 7.01. The molecule has 0 spiro atoms. The number of H-pyrrole nitrogens is 1. The molecular formula is C19H16F2N6O2S. The smallest absolute Gasteiger partial charge is 0.264 e. The van der Waals surface area contributed by atoms with Gasteiger partial charge in [-0.25, -0.2) is 22.2 Å². The number of nitrogens with zero attached hydrogens (tertiary/aromatic N) is 3. The van der Waals surface area contributed by atoms with Crippen LogP contribution in [0.3, 0.4) is 0 Å². The van der Waals surface area contributed by atoms with Gasteiger partial charge in [0, 0.05) is 36.0 Å². The fourth-order valence-corrected chi connectivity index (χ4v) is 4.19. The summed E-state index contributed by atoms with van der Waals surface area (Å²) >= 11 is 0. The van der Waals surface area contributed by atoms with Crippen LogP contribution >= 0.6 is 0 Å². The molecule has 0 saturated heterocycles. The largest absolute Gasteiger partial charge is 0.368 e. The molecule has 0 saturated carbocycles. The van der Waals surface area contributed by atoms with Crippen molar-refractivity contribution in [2.45, 2.75) is 11.3 Å². The Kier molecular flexibility index (Phi) is 5.04. The van der Waals surface area contributed by atoms with Crippen LogP contribution in [-0.4, -0.2) is 36.8 Å². The third-order valence-electron chi connectivity index (χ3n) is 4.39. The number of hydrogen-bond acceptors (Lipinski definition) is 6. The van der Waals surface area contributed by atoms with Gasteiger partial charge >= 0.3 is 0 Å². The molecule has 1 aromatic heterocycles. The van der Waals surface area contributed by atoms with Gasteiger partial charge < -0.3 is 5.73 Å². The van der Waals surface area contributed by atoms with Crippen LogP contribution in [0.1, 0.15) is 12.0 Å². The Labute approximate surface area is 170 Å². The Morgan fingerprint density at radius 2 is 1.97 bits per heavy atom. The standard InChI is InChI=1S/C19H16F2N6O2S/c20-12-4-5-15(21)17(9-12)30(28,29)27-13-3-1-2-11(8-13)18-14(10-24-26-18)16-6-7-23-19(22)25-16/h1-5,8-10,27H,6-7H2,(H2,22,23)(H,24,26). The molecule has 2 aromatic carbocycles. The lowest BCUT2D eigenvalue weighted by molar-refractivity contribution is 0.555. The van der Waals surface area contributed by atoms with E-state index < -0.39 is 26.6 Å². The molecule has 3 aromatic rings. The van der Waals surface area contributed by atoms with Crippen molar-refractivity contribution < 1.29 is 17.2 Å². The normalized spacial score (nSPS) is 14.2. The Morgan fingerprint density at radius 3 is 2.77 bits per heavy atom. The number of aromatic amines is 1. The number of nitrogens with one attached hydrogen (secondary N) is 2. The molecular weight excluding hydrogens is 414 g/mol. The fraction of sp³-hybridized carbons (Fsp3) is 0.105. The van der Waals surface area contributed by atoms with Crippen LogP contribution in [0.5, 0.6) is 0 Å². The number of hydrogen-bond donors (Lipinski definition) is 3. The summed E-state index contributed by atoms with van der Waals surface area (Å²) in [5.74, 6) is -1.73. The monoisotopic (exact) mass is 430 g/mol. The van der Waals surface area contributed by atoms with Gasteiger partial charge in [-0.05, 0) is 30.3 Å². The maximum absolute atomic E-state index is 13.9. The molecule has 154 valence electrons. The van der Waals surface area contributed by atoms with Crippen molar-refractivity contribution in [1.29, 1.82) is 0 Å². The third kappa shape index (κ3) is 3.92. The zero-order valence-electron chi connectivity index (χ0n) is 15.4. The summed E-state index contributed by atoms with van der Waals surface area (Å²) in [4.78, 5) is 7.50. The minimum Gasteiger partial charge on any atom is -0.368 e. The van der Waals surface area contributed by atoms with Gasteiger partial charge in [0.25, 0.3) is 10.0 Å². The van der Waals surface area contributed by atoms with E-state index in [1.807, 2.05) is 0 Å². The van der Waals surface area contributed by atoms with Crippen molar-refractivity contribution in [1.82, 2.24) is 10.2 Å². The van der Waals surface area contributed by atoms with Crippen molar-refractivity contribution in [2.75, 3.05) is 11.3 Å². The maximum atomic E-state index is 13.9. The average Bonchev–Trinajstić information content (AvgIpc) is 3.19. The van der Waals surface area contributed by atoms with Crippen molar-refractivity contribution in [3.8, 4) is 11.3 Å². The number of sulfonamides is 1. The van der Waals surface area contributed by atoms with E-state index >= 15 is 0 Å². The van der Waals surface area contributed by atoms with Crippen molar-refractivity contribution in [3.05, 3.63) is 65.9 Å². The lowest BCUT2D eigenvalue weighted by atomic mass is 10.0. The molecule has 8 nitrogen and oxygen atoms in total. The first-order valence-electron chi connectivity index (χ1n) is 8.83. The summed E-state index contributed by atoms with van der Waals surface area (Å²) < 4.78 is 54.7. The number of benzene rings is 2. The molecule has 0 amide bonds. The zero-order valence-corrected chi connectivity index (χ0v) is 16.2. The average molecular weight is 430 g/mol. The predicted octanol–water partition coefficient (Wildman–Crippen LogP) is 2.66. The lowest BCUT2D eigenvalue weighted by Crippen LogP contribution is -2.19. The van der Waals surface area contributed by atoms with Gasteiger partial charge in [-0.2, -0.15) is 5.10 Å². The summed E-state index contributed by atoms with van der Waals surface area (Å²) in [6.07, 6.45) is 2.25. The molecule has 1 aliphatic heterocycles. The van der Waals surface area contributed by atoms with Gasteiger partial charge in [0.05, 0.1) is 5.71 Å². The SMILES string of the molecule is NC1=NCCC(c2c[nH]nc2-c2cccc(NS(=O)(=O)c3cc(F)ccc3F)c2)=N1. The minimum atomic E-state index is -4.34. The van der Waals surface area contributed by atoms with Gasteiger partial charge in [0.1, 0.15) is 22.2 Å². The van der Waals surface area contributed by atoms with Crippen LogP contribution in [0.15, 0.2) is 63.5 Å². The highest BCUT2D eigenvalue weighted by molar-refractivity contribution is 7.92. The molecule has 0 atom stereocenters. The minimum absolute atomic E-state index is 0.164. The van der Waals surface area contributed by atoms with E-state index in [9.17, 15) is 17.2 Å². The third-order valence-corrected chi connectivity index (χ3v) is 5.79. The fourth-order valence-electron chi connectivity index (χ4n) is 3.05. The van der Waals surface area contributed by atoms with E-state index in [0.717, 1.165) is 12.1 Å². The molecule has 0 unspecified atom stereocenters. The topological polar surface area (TPSA) is 126 Å². The van der Waals surface area contributed by atoms with E-state index in [0.29, 0.717) is 41.6 Å². The second-order valence-corrected chi connectivity index (χ2v) is 8.11. The number of aromatic nitrogens is 2. The van der Waals surface area contributed by atoms with Gasteiger partial charge in [-0.15, -0.1) is 0 Å². The van der Waals surface area contributed by atoms with Crippen molar-refractivity contribution in [3.63, 3.8) is 0 Å². The number of aliphatic imine (C=N–C) groups is 2. The van der Waals surface area contributed by atoms with Crippen LogP contribution in [0.2, 0.25) is 0 Å². The van der Waals surface area contributed by atoms with Gasteiger partial charge in [-0.3, -0.25) is 14.8 Å². The van der Waals surface area contributed by atoms with E-state index in [1.165, 1.54) is 12.1 Å². The molecule has 0 aliphatic carbocycles. The summed E-state index contributed by atoms with van der Waals surface area (Å²) in [6, 6.07) is 8.62. The Bertz CT molecular complexity index is 1280. The number of guanidine groups is 1. The molecule has 2 heterocycles. The zero-order chi connectivity index (χ0) is 21.3. The van der Waals surface area contributed by atoms with E-state index in [2.05, 4.69) is 24.9 Å². The van der Waals surface area contributed by atoms with Crippen LogP contribution in [0, 0.1) is 11.6 Å². The number of rotatable bonds is 5. The quantitative estimate of drug-likeness (QED) is 0.575. The first-order chi connectivity index (χ1) is 14.3. The second kappa shape index (κ2) is 7.67. The molecule has 11 heteroatoms. The first-order valence-corrected chi connectivity index (χ1v) is 10.3. The molecule has 1 aliphatic rings.